The van der Waals surface area contributed by atoms with Gasteiger partial charge in [-0.15, -0.1) is 0 Å². The lowest BCUT2D eigenvalue weighted by molar-refractivity contribution is -0.126. The topological polar surface area (TPSA) is 84.7 Å². The molecule has 1 heterocycles. The standard InChI is InChI=1S/C15H21N3O3/c1-17-14(19)12-8-3-4-9-18(12)15(20)10-6-5-7-11(16)13(10)21-2/h5-7,12H,3-4,8-9,16H2,1-2H3,(H,17,19). The zero-order valence-corrected chi connectivity index (χ0v) is 12.4. The lowest BCUT2D eigenvalue weighted by Crippen LogP contribution is -2.51. The fourth-order valence-electron chi connectivity index (χ4n) is 2.72. The highest BCUT2D eigenvalue weighted by atomic mass is 16.5. The average Bonchev–Trinajstić information content (AvgIpc) is 2.53. The maximum absolute atomic E-state index is 12.8. The number of nitrogens with one attached hydrogen (secondary N) is 1. The monoisotopic (exact) mass is 291 g/mol. The molecule has 1 aromatic rings. The van der Waals surface area contributed by atoms with E-state index in [0.29, 0.717) is 30.0 Å². The third-order valence-electron chi connectivity index (χ3n) is 3.79. The minimum atomic E-state index is -0.428. The van der Waals surface area contributed by atoms with Crippen LogP contribution in [-0.4, -0.2) is 43.5 Å². The Bertz CT molecular complexity index is 545. The summed E-state index contributed by atoms with van der Waals surface area (Å²) in [5.74, 6) is 0.0158. The molecule has 0 spiro atoms. The van der Waals surface area contributed by atoms with Crippen LogP contribution in [-0.2, 0) is 4.79 Å². The van der Waals surface area contributed by atoms with Crippen molar-refractivity contribution in [2.75, 3.05) is 26.4 Å². The number of rotatable bonds is 3. The Kier molecular flexibility index (Phi) is 4.67. The highest BCUT2D eigenvalue weighted by Gasteiger charge is 2.33. The number of ether oxygens (including phenoxy) is 1. The molecule has 6 nitrogen and oxygen atoms in total. The molecule has 0 aromatic heterocycles. The van der Waals surface area contributed by atoms with Crippen molar-refractivity contribution in [3.8, 4) is 5.75 Å². The first-order chi connectivity index (χ1) is 10.1. The Labute approximate surface area is 124 Å². The predicted octanol–water partition coefficient (Wildman–Crippen LogP) is 1.02. The second-order valence-corrected chi connectivity index (χ2v) is 5.05. The Morgan fingerprint density at radius 3 is 2.81 bits per heavy atom. The normalized spacial score (nSPS) is 18.2. The Hall–Kier alpha value is -2.24. The molecule has 0 bridgehead atoms. The number of anilines is 1. The molecule has 1 atom stereocenters. The number of nitrogen functional groups attached to an aromatic ring is 1. The number of carbonyl (C=O) groups is 2. The second kappa shape index (κ2) is 6.47. The van der Waals surface area contributed by atoms with E-state index in [1.807, 2.05) is 0 Å². The van der Waals surface area contributed by atoms with Crippen molar-refractivity contribution in [3.05, 3.63) is 23.8 Å². The third-order valence-corrected chi connectivity index (χ3v) is 3.79. The minimum Gasteiger partial charge on any atom is -0.494 e. The van der Waals surface area contributed by atoms with E-state index < -0.39 is 6.04 Å². The first-order valence-electron chi connectivity index (χ1n) is 7.05. The zero-order chi connectivity index (χ0) is 15.4. The summed E-state index contributed by atoms with van der Waals surface area (Å²) in [6.45, 7) is 0.564. The zero-order valence-electron chi connectivity index (χ0n) is 12.4. The highest BCUT2D eigenvalue weighted by Crippen LogP contribution is 2.29. The molecular formula is C15H21N3O3. The first kappa shape index (κ1) is 15.2. The second-order valence-electron chi connectivity index (χ2n) is 5.05. The molecule has 1 unspecified atom stereocenters. The predicted molar refractivity (Wildman–Crippen MR) is 80.1 cm³/mol. The average molecular weight is 291 g/mol. The molecule has 2 rings (SSSR count). The summed E-state index contributed by atoms with van der Waals surface area (Å²) in [4.78, 5) is 26.4. The van der Waals surface area contributed by atoms with E-state index in [1.54, 1.807) is 30.1 Å². The fraction of sp³-hybridized carbons (Fsp3) is 0.467. The molecule has 1 aliphatic rings. The lowest BCUT2D eigenvalue weighted by atomic mass is 9.99. The minimum absolute atomic E-state index is 0.133. The number of hydrogen-bond donors (Lipinski definition) is 2. The van der Waals surface area contributed by atoms with Crippen LogP contribution >= 0.6 is 0 Å². The summed E-state index contributed by atoms with van der Waals surface area (Å²) in [5, 5.41) is 2.62. The molecular weight excluding hydrogens is 270 g/mol. The van der Waals surface area contributed by atoms with Crippen molar-refractivity contribution < 1.29 is 14.3 Å². The van der Waals surface area contributed by atoms with Crippen molar-refractivity contribution in [1.29, 1.82) is 0 Å². The van der Waals surface area contributed by atoms with Crippen molar-refractivity contribution in [3.63, 3.8) is 0 Å². The van der Waals surface area contributed by atoms with Gasteiger partial charge < -0.3 is 20.7 Å². The third kappa shape index (κ3) is 2.94. The van der Waals surface area contributed by atoms with E-state index in [9.17, 15) is 9.59 Å². The quantitative estimate of drug-likeness (QED) is 0.814. The van der Waals surface area contributed by atoms with Crippen molar-refractivity contribution >= 4 is 17.5 Å². The summed E-state index contributed by atoms with van der Waals surface area (Å²) in [6, 6.07) is 4.64. The van der Waals surface area contributed by atoms with E-state index in [2.05, 4.69) is 5.32 Å². The Morgan fingerprint density at radius 2 is 2.14 bits per heavy atom. The van der Waals surface area contributed by atoms with E-state index in [0.717, 1.165) is 12.8 Å². The number of likely N-dealkylation sites (tertiary alicyclic amines) is 1. The number of nitrogens with zero attached hydrogens (tertiary/aromatic N) is 1. The van der Waals surface area contributed by atoms with Crippen LogP contribution in [0.3, 0.4) is 0 Å². The van der Waals surface area contributed by atoms with Gasteiger partial charge in [0.1, 0.15) is 6.04 Å². The number of nitrogens with two attached hydrogens (primary N) is 1. The van der Waals surface area contributed by atoms with Gasteiger partial charge in [0, 0.05) is 13.6 Å². The van der Waals surface area contributed by atoms with Gasteiger partial charge in [0.15, 0.2) is 5.75 Å². The van der Waals surface area contributed by atoms with Crippen LogP contribution in [0.2, 0.25) is 0 Å². The number of para-hydroxylation sites is 1. The first-order valence-corrected chi connectivity index (χ1v) is 7.05. The summed E-state index contributed by atoms with van der Waals surface area (Å²) in [6.07, 6.45) is 2.51. The van der Waals surface area contributed by atoms with Crippen LogP contribution in [0.15, 0.2) is 18.2 Å². The number of methoxy groups -OCH3 is 1. The van der Waals surface area contributed by atoms with Crippen molar-refractivity contribution in [1.82, 2.24) is 10.2 Å². The van der Waals surface area contributed by atoms with Crippen molar-refractivity contribution in [2.45, 2.75) is 25.3 Å². The van der Waals surface area contributed by atoms with E-state index in [4.69, 9.17) is 10.5 Å². The van der Waals surface area contributed by atoms with Gasteiger partial charge in [-0.1, -0.05) is 6.07 Å². The van der Waals surface area contributed by atoms with Crippen LogP contribution in [0.4, 0.5) is 5.69 Å². The number of benzene rings is 1. The molecule has 0 saturated carbocycles. The van der Waals surface area contributed by atoms with Crippen LogP contribution < -0.4 is 15.8 Å². The number of likely N-dealkylation sites (N-methyl/N-ethyl adjacent to an activating group) is 1. The molecule has 1 aliphatic heterocycles. The molecule has 6 heteroatoms. The molecule has 0 radical (unpaired) electrons. The van der Waals surface area contributed by atoms with Crippen LogP contribution in [0.25, 0.3) is 0 Å². The van der Waals surface area contributed by atoms with E-state index in [1.165, 1.54) is 7.11 Å². The summed E-state index contributed by atoms with van der Waals surface area (Å²) in [5.41, 5.74) is 6.66. The van der Waals surface area contributed by atoms with E-state index in [-0.39, 0.29) is 11.8 Å². The van der Waals surface area contributed by atoms with Gasteiger partial charge in [-0.2, -0.15) is 0 Å². The molecule has 2 amide bonds. The number of hydrogen-bond acceptors (Lipinski definition) is 4. The van der Waals surface area contributed by atoms with Gasteiger partial charge in [-0.3, -0.25) is 9.59 Å². The van der Waals surface area contributed by atoms with Gasteiger partial charge in [0.05, 0.1) is 18.4 Å². The molecule has 0 aliphatic carbocycles. The lowest BCUT2D eigenvalue weighted by Gasteiger charge is -2.34. The fourth-order valence-corrected chi connectivity index (χ4v) is 2.72. The maximum Gasteiger partial charge on any atom is 0.258 e. The summed E-state index contributed by atoms with van der Waals surface area (Å²) < 4.78 is 5.24. The molecule has 114 valence electrons. The summed E-state index contributed by atoms with van der Waals surface area (Å²) >= 11 is 0. The smallest absolute Gasteiger partial charge is 0.258 e. The van der Waals surface area contributed by atoms with Crippen LogP contribution in [0.5, 0.6) is 5.75 Å². The van der Waals surface area contributed by atoms with Gasteiger partial charge in [-0.25, -0.2) is 0 Å². The summed E-state index contributed by atoms with van der Waals surface area (Å²) in [7, 11) is 3.07. The van der Waals surface area contributed by atoms with Gasteiger partial charge >= 0.3 is 0 Å². The maximum atomic E-state index is 12.8. The van der Waals surface area contributed by atoms with Gasteiger partial charge in [0.2, 0.25) is 5.91 Å². The van der Waals surface area contributed by atoms with Crippen LogP contribution in [0.1, 0.15) is 29.6 Å². The van der Waals surface area contributed by atoms with Crippen LogP contribution in [0, 0.1) is 0 Å². The number of carbonyl (C=O) groups excluding carboxylic acids is 2. The highest BCUT2D eigenvalue weighted by molar-refractivity contribution is 6.01. The SMILES string of the molecule is CNC(=O)C1CCCCN1C(=O)c1cccc(N)c1OC. The van der Waals surface area contributed by atoms with Gasteiger partial charge in [0.25, 0.3) is 5.91 Å². The number of piperidine rings is 1. The Balaban J connectivity index is 2.33. The van der Waals surface area contributed by atoms with Gasteiger partial charge in [-0.05, 0) is 31.4 Å². The molecule has 1 saturated heterocycles. The van der Waals surface area contributed by atoms with Crippen molar-refractivity contribution in [2.24, 2.45) is 0 Å². The number of amides is 2. The molecule has 3 N–H and O–H groups in total. The molecule has 21 heavy (non-hydrogen) atoms. The van der Waals surface area contributed by atoms with E-state index >= 15 is 0 Å². The molecule has 1 fully saturated rings. The Morgan fingerprint density at radius 1 is 1.38 bits per heavy atom. The molecule has 1 aromatic carbocycles. The largest absolute Gasteiger partial charge is 0.494 e.